The molecular formula is C11H10NO. The fourth-order valence-electron chi connectivity index (χ4n) is 1.38. The molecule has 13 heavy (non-hydrogen) atoms. The summed E-state index contributed by atoms with van der Waals surface area (Å²) in [4.78, 5) is 11.6. The molecule has 0 spiro atoms. The van der Waals surface area contributed by atoms with Crippen LogP contribution < -0.4 is 5.56 Å². The first-order chi connectivity index (χ1) is 6.18. The maximum atomic E-state index is 11.6. The molecule has 0 saturated carbocycles. The van der Waals surface area contributed by atoms with E-state index in [0.29, 0.717) is 0 Å². The zero-order chi connectivity index (χ0) is 9.42. The van der Waals surface area contributed by atoms with Crippen molar-refractivity contribution in [2.75, 3.05) is 0 Å². The van der Waals surface area contributed by atoms with Crippen LogP contribution in [0, 0.1) is 13.0 Å². The topological polar surface area (TPSA) is 22.0 Å². The zero-order valence-electron chi connectivity index (χ0n) is 7.66. The minimum atomic E-state index is 0.0359. The zero-order valence-corrected chi connectivity index (χ0v) is 7.66. The molecule has 0 aliphatic carbocycles. The summed E-state index contributed by atoms with van der Waals surface area (Å²) >= 11 is 0. The van der Waals surface area contributed by atoms with Gasteiger partial charge in [-0.25, -0.2) is 0 Å². The number of hydrogen-bond acceptors (Lipinski definition) is 1. The van der Waals surface area contributed by atoms with E-state index in [-0.39, 0.29) is 5.56 Å². The van der Waals surface area contributed by atoms with E-state index < -0.39 is 0 Å². The lowest BCUT2D eigenvalue weighted by molar-refractivity contribution is 0.873. The number of pyridine rings is 1. The van der Waals surface area contributed by atoms with Crippen LogP contribution >= 0.6 is 0 Å². The van der Waals surface area contributed by atoms with Gasteiger partial charge in [0.1, 0.15) is 0 Å². The molecule has 0 unspecified atom stereocenters. The fraction of sp³-hybridized carbons (Fsp3) is 0.182. The third kappa shape index (κ3) is 1.24. The quantitative estimate of drug-likeness (QED) is 0.592. The van der Waals surface area contributed by atoms with Crippen molar-refractivity contribution in [2.45, 2.75) is 6.92 Å². The lowest BCUT2D eigenvalue weighted by atomic mass is 10.1. The van der Waals surface area contributed by atoms with Gasteiger partial charge in [0.05, 0.1) is 0 Å². The third-order valence-corrected chi connectivity index (χ3v) is 2.14. The first-order valence-electron chi connectivity index (χ1n) is 4.17. The second-order valence-corrected chi connectivity index (χ2v) is 3.20. The van der Waals surface area contributed by atoms with Gasteiger partial charge in [-0.3, -0.25) is 4.79 Å². The van der Waals surface area contributed by atoms with Crippen molar-refractivity contribution in [1.82, 2.24) is 4.57 Å². The largest absolute Gasteiger partial charge is 0.318 e. The lowest BCUT2D eigenvalue weighted by Crippen LogP contribution is -2.15. The molecule has 1 aromatic heterocycles. The normalized spacial score (nSPS) is 10.6. The van der Waals surface area contributed by atoms with E-state index in [0.717, 1.165) is 16.3 Å². The first-order valence-corrected chi connectivity index (χ1v) is 4.17. The Morgan fingerprint density at radius 3 is 2.85 bits per heavy atom. The highest BCUT2D eigenvalue weighted by Crippen LogP contribution is 2.09. The maximum Gasteiger partial charge on any atom is 0.258 e. The average molecular weight is 172 g/mol. The van der Waals surface area contributed by atoms with E-state index >= 15 is 0 Å². The van der Waals surface area contributed by atoms with Gasteiger partial charge in [0.25, 0.3) is 5.56 Å². The Kier molecular flexibility index (Phi) is 1.69. The van der Waals surface area contributed by atoms with Crippen LogP contribution in [0.3, 0.4) is 0 Å². The summed E-state index contributed by atoms with van der Waals surface area (Å²) in [5, 5.41) is 1.62. The highest BCUT2D eigenvalue weighted by molar-refractivity contribution is 5.81. The van der Waals surface area contributed by atoms with Gasteiger partial charge in [-0.15, -0.1) is 0 Å². The summed E-state index contributed by atoms with van der Waals surface area (Å²) in [7, 11) is 1.75. The minimum Gasteiger partial charge on any atom is -0.318 e. The number of rotatable bonds is 0. The molecule has 0 atom stereocenters. The molecule has 1 heterocycles. The van der Waals surface area contributed by atoms with Crippen LogP contribution in [0.1, 0.15) is 5.56 Å². The minimum absolute atomic E-state index is 0.0359. The third-order valence-electron chi connectivity index (χ3n) is 2.14. The number of benzene rings is 1. The van der Waals surface area contributed by atoms with Crippen LogP contribution in [0.4, 0.5) is 0 Å². The Hall–Kier alpha value is -1.57. The lowest BCUT2D eigenvalue weighted by Gasteiger charge is -2.00. The summed E-state index contributed by atoms with van der Waals surface area (Å²) in [5.74, 6) is 0. The Morgan fingerprint density at radius 1 is 1.31 bits per heavy atom. The smallest absolute Gasteiger partial charge is 0.258 e. The van der Waals surface area contributed by atoms with Crippen molar-refractivity contribution in [2.24, 2.45) is 7.05 Å². The van der Waals surface area contributed by atoms with Crippen LogP contribution in [0.25, 0.3) is 10.8 Å². The van der Waals surface area contributed by atoms with Crippen molar-refractivity contribution >= 4 is 10.8 Å². The van der Waals surface area contributed by atoms with E-state index in [4.69, 9.17) is 0 Å². The second kappa shape index (κ2) is 2.73. The van der Waals surface area contributed by atoms with Gasteiger partial charge in [-0.2, -0.15) is 0 Å². The molecule has 0 bridgehead atoms. The summed E-state index contributed by atoms with van der Waals surface area (Å²) in [6.07, 6.45) is 1.76. The molecule has 0 N–H and O–H groups in total. The fourth-order valence-corrected chi connectivity index (χ4v) is 1.38. The summed E-state index contributed by atoms with van der Waals surface area (Å²) in [6.45, 7) is 1.97. The van der Waals surface area contributed by atoms with Gasteiger partial charge in [0, 0.05) is 18.6 Å². The highest BCUT2D eigenvalue weighted by atomic mass is 16.1. The molecule has 65 valence electrons. The van der Waals surface area contributed by atoms with Crippen molar-refractivity contribution in [3.63, 3.8) is 0 Å². The Bertz CT molecular complexity index is 511. The average Bonchev–Trinajstić information content (AvgIpc) is 2.12. The summed E-state index contributed by atoms with van der Waals surface area (Å²) < 4.78 is 1.57. The molecule has 0 amide bonds. The number of aryl methyl sites for hydroxylation is 2. The van der Waals surface area contributed by atoms with E-state index in [1.807, 2.05) is 25.1 Å². The van der Waals surface area contributed by atoms with Crippen LogP contribution in [0.15, 0.2) is 29.2 Å². The molecule has 2 aromatic rings. The monoisotopic (exact) mass is 172 g/mol. The van der Waals surface area contributed by atoms with E-state index in [2.05, 4.69) is 6.07 Å². The van der Waals surface area contributed by atoms with Crippen LogP contribution in [-0.2, 0) is 7.05 Å². The van der Waals surface area contributed by atoms with Crippen molar-refractivity contribution in [3.05, 3.63) is 46.4 Å². The molecule has 0 saturated heterocycles. The number of fused-ring (bicyclic) bond motifs is 1. The van der Waals surface area contributed by atoms with E-state index in [9.17, 15) is 4.79 Å². The number of aromatic nitrogens is 1. The summed E-state index contributed by atoms with van der Waals surface area (Å²) in [5.41, 5.74) is 1.09. The van der Waals surface area contributed by atoms with Gasteiger partial charge in [-0.05, 0) is 36.1 Å². The standard InChI is InChI=1S/C11H10NO/c1-8-3-4-10-9(7-8)5-6-12(2)11(10)13/h3-6H,1-2H3. The highest BCUT2D eigenvalue weighted by Gasteiger charge is 1.99. The first kappa shape index (κ1) is 8.05. The van der Waals surface area contributed by atoms with Crippen LogP contribution in [-0.4, -0.2) is 4.57 Å². The molecule has 0 aliphatic rings. The van der Waals surface area contributed by atoms with Crippen LogP contribution in [0.2, 0.25) is 0 Å². The van der Waals surface area contributed by atoms with Gasteiger partial charge >= 0.3 is 0 Å². The number of nitrogens with zero attached hydrogens (tertiary/aromatic N) is 1. The molecule has 2 heteroatoms. The molecular weight excluding hydrogens is 162 g/mol. The molecule has 2 nitrogen and oxygen atoms in total. The Balaban J connectivity index is 2.95. The molecule has 0 aliphatic heterocycles. The van der Waals surface area contributed by atoms with Crippen LogP contribution in [0.5, 0.6) is 0 Å². The SMILES string of the molecule is Cc1[c]c2ccn(C)c(=O)c2cc1. The molecule has 0 fully saturated rings. The Labute approximate surface area is 76.4 Å². The van der Waals surface area contributed by atoms with Gasteiger partial charge < -0.3 is 4.57 Å². The second-order valence-electron chi connectivity index (χ2n) is 3.20. The van der Waals surface area contributed by atoms with Crippen molar-refractivity contribution in [1.29, 1.82) is 0 Å². The van der Waals surface area contributed by atoms with E-state index in [1.54, 1.807) is 17.8 Å². The number of hydrogen-bond donors (Lipinski definition) is 0. The van der Waals surface area contributed by atoms with Gasteiger partial charge in [0.2, 0.25) is 0 Å². The Morgan fingerprint density at radius 2 is 2.08 bits per heavy atom. The van der Waals surface area contributed by atoms with Crippen molar-refractivity contribution in [3.8, 4) is 0 Å². The van der Waals surface area contributed by atoms with Gasteiger partial charge in [-0.1, -0.05) is 6.07 Å². The summed E-state index contributed by atoms with van der Waals surface area (Å²) in [6, 6.07) is 8.81. The molecule has 1 aromatic carbocycles. The predicted molar refractivity (Wildman–Crippen MR) is 52.8 cm³/mol. The maximum absolute atomic E-state index is 11.6. The van der Waals surface area contributed by atoms with E-state index in [1.165, 1.54) is 0 Å². The van der Waals surface area contributed by atoms with Gasteiger partial charge in [0.15, 0.2) is 0 Å². The molecule has 2 rings (SSSR count). The molecule has 1 radical (unpaired) electrons. The van der Waals surface area contributed by atoms with Crippen molar-refractivity contribution < 1.29 is 0 Å². The predicted octanol–water partition coefficient (Wildman–Crippen LogP) is 1.65.